The molecule has 1 aliphatic rings. The molecule has 4 nitrogen and oxygen atoms in total. The van der Waals surface area contributed by atoms with Crippen LogP contribution in [-0.2, 0) is 6.54 Å². The van der Waals surface area contributed by atoms with E-state index in [1.807, 2.05) is 43.3 Å². The maximum Gasteiger partial charge on any atom is 0.231 e. The molecule has 2 aromatic rings. The first-order chi connectivity index (χ1) is 10.3. The molecule has 0 spiro atoms. The van der Waals surface area contributed by atoms with Crippen molar-refractivity contribution in [2.75, 3.05) is 18.7 Å². The highest BCUT2D eigenvalue weighted by molar-refractivity contribution is 9.10. The topological polar surface area (TPSA) is 39.7 Å². The van der Waals surface area contributed by atoms with E-state index < -0.39 is 0 Å². The molecule has 1 aliphatic heterocycles. The Balaban J connectivity index is 1.71. The Bertz CT molecular complexity index is 645. The maximum absolute atomic E-state index is 5.50. The van der Waals surface area contributed by atoms with E-state index in [2.05, 4.69) is 21.2 Å². The fourth-order valence-corrected chi connectivity index (χ4v) is 2.62. The van der Waals surface area contributed by atoms with E-state index in [1.165, 1.54) is 0 Å². The molecule has 0 radical (unpaired) electrons. The van der Waals surface area contributed by atoms with Gasteiger partial charge in [0.25, 0.3) is 0 Å². The predicted octanol–water partition coefficient (Wildman–Crippen LogP) is 4.19. The maximum atomic E-state index is 5.50. The van der Waals surface area contributed by atoms with Crippen LogP contribution in [0.1, 0.15) is 12.5 Å². The summed E-state index contributed by atoms with van der Waals surface area (Å²) in [4.78, 5) is 0. The molecule has 0 saturated carbocycles. The SMILES string of the molecule is CCOc1cccc(NCc2cc3c(cc2Br)OCO3)c1. The lowest BCUT2D eigenvalue weighted by molar-refractivity contribution is 0.174. The number of anilines is 1. The van der Waals surface area contributed by atoms with E-state index in [4.69, 9.17) is 14.2 Å². The summed E-state index contributed by atoms with van der Waals surface area (Å²) >= 11 is 3.56. The summed E-state index contributed by atoms with van der Waals surface area (Å²) < 4.78 is 17.3. The lowest BCUT2D eigenvalue weighted by Gasteiger charge is -2.11. The highest BCUT2D eigenvalue weighted by atomic mass is 79.9. The molecule has 110 valence electrons. The largest absolute Gasteiger partial charge is 0.494 e. The molecule has 0 aromatic heterocycles. The Kier molecular flexibility index (Phi) is 4.20. The molecule has 2 aromatic carbocycles. The lowest BCUT2D eigenvalue weighted by atomic mass is 10.2. The summed E-state index contributed by atoms with van der Waals surface area (Å²) in [5.41, 5.74) is 2.13. The Morgan fingerprint density at radius 2 is 2.00 bits per heavy atom. The van der Waals surface area contributed by atoms with Crippen LogP contribution in [0, 0.1) is 0 Å². The first-order valence-corrected chi connectivity index (χ1v) is 7.60. The van der Waals surface area contributed by atoms with Gasteiger partial charge in [0.2, 0.25) is 6.79 Å². The molecule has 0 aliphatic carbocycles. The molecule has 1 heterocycles. The number of benzene rings is 2. The summed E-state index contributed by atoms with van der Waals surface area (Å²) in [5.74, 6) is 2.44. The Morgan fingerprint density at radius 1 is 1.19 bits per heavy atom. The first kappa shape index (κ1) is 14.1. The number of halogens is 1. The summed E-state index contributed by atoms with van der Waals surface area (Å²) in [5, 5.41) is 3.39. The van der Waals surface area contributed by atoms with Crippen LogP contribution in [0.15, 0.2) is 40.9 Å². The average Bonchev–Trinajstić information content (AvgIpc) is 2.92. The number of rotatable bonds is 5. The second-order valence-electron chi connectivity index (χ2n) is 4.61. The molecule has 0 amide bonds. The zero-order valence-corrected chi connectivity index (χ0v) is 13.3. The summed E-state index contributed by atoms with van der Waals surface area (Å²) in [6.07, 6.45) is 0. The van der Waals surface area contributed by atoms with Crippen LogP contribution >= 0.6 is 15.9 Å². The van der Waals surface area contributed by atoms with Crippen LogP contribution in [0.3, 0.4) is 0 Å². The summed E-state index contributed by atoms with van der Waals surface area (Å²) in [7, 11) is 0. The minimum atomic E-state index is 0.287. The minimum absolute atomic E-state index is 0.287. The second kappa shape index (κ2) is 6.26. The molecule has 3 rings (SSSR count). The fraction of sp³-hybridized carbons (Fsp3) is 0.250. The van der Waals surface area contributed by atoms with Gasteiger partial charge < -0.3 is 19.5 Å². The van der Waals surface area contributed by atoms with Gasteiger partial charge in [0, 0.05) is 22.8 Å². The third-order valence-electron chi connectivity index (χ3n) is 3.17. The standard InChI is InChI=1S/C16H16BrNO3/c1-2-19-13-5-3-4-12(7-13)18-9-11-6-15-16(8-14(11)17)21-10-20-15/h3-8,18H,2,9-10H2,1H3. The zero-order valence-electron chi connectivity index (χ0n) is 11.7. The number of fused-ring (bicyclic) bond motifs is 1. The van der Waals surface area contributed by atoms with Crippen LogP contribution in [0.5, 0.6) is 17.2 Å². The van der Waals surface area contributed by atoms with Crippen molar-refractivity contribution in [3.8, 4) is 17.2 Å². The van der Waals surface area contributed by atoms with Gasteiger partial charge in [0.05, 0.1) is 6.61 Å². The van der Waals surface area contributed by atoms with Crippen molar-refractivity contribution in [2.24, 2.45) is 0 Å². The van der Waals surface area contributed by atoms with Crippen molar-refractivity contribution >= 4 is 21.6 Å². The third-order valence-corrected chi connectivity index (χ3v) is 3.91. The number of hydrogen-bond donors (Lipinski definition) is 1. The Morgan fingerprint density at radius 3 is 2.81 bits per heavy atom. The number of ether oxygens (including phenoxy) is 3. The van der Waals surface area contributed by atoms with Crippen molar-refractivity contribution in [2.45, 2.75) is 13.5 Å². The van der Waals surface area contributed by atoms with Gasteiger partial charge in [-0.2, -0.15) is 0 Å². The van der Waals surface area contributed by atoms with Gasteiger partial charge in [0.15, 0.2) is 11.5 Å². The van der Waals surface area contributed by atoms with Crippen LogP contribution in [0.25, 0.3) is 0 Å². The third kappa shape index (κ3) is 3.24. The smallest absolute Gasteiger partial charge is 0.231 e. The molecular formula is C16H16BrNO3. The first-order valence-electron chi connectivity index (χ1n) is 6.81. The van der Waals surface area contributed by atoms with Crippen molar-refractivity contribution in [3.05, 3.63) is 46.4 Å². The second-order valence-corrected chi connectivity index (χ2v) is 5.47. The molecule has 0 atom stereocenters. The predicted molar refractivity (Wildman–Crippen MR) is 85.2 cm³/mol. The molecule has 0 bridgehead atoms. The van der Waals surface area contributed by atoms with Crippen molar-refractivity contribution < 1.29 is 14.2 Å². The van der Waals surface area contributed by atoms with Crippen LogP contribution in [0.2, 0.25) is 0 Å². The number of hydrogen-bond acceptors (Lipinski definition) is 4. The van der Waals surface area contributed by atoms with Gasteiger partial charge in [-0.05, 0) is 36.8 Å². The van der Waals surface area contributed by atoms with Gasteiger partial charge in [0.1, 0.15) is 5.75 Å². The van der Waals surface area contributed by atoms with E-state index >= 15 is 0 Å². The van der Waals surface area contributed by atoms with Gasteiger partial charge in [-0.3, -0.25) is 0 Å². The van der Waals surface area contributed by atoms with E-state index in [0.29, 0.717) is 13.2 Å². The highest BCUT2D eigenvalue weighted by Crippen LogP contribution is 2.37. The van der Waals surface area contributed by atoms with Gasteiger partial charge >= 0.3 is 0 Å². The molecule has 0 saturated heterocycles. The van der Waals surface area contributed by atoms with E-state index in [1.54, 1.807) is 0 Å². The minimum Gasteiger partial charge on any atom is -0.494 e. The highest BCUT2D eigenvalue weighted by Gasteiger charge is 2.16. The van der Waals surface area contributed by atoms with E-state index in [-0.39, 0.29) is 6.79 Å². The molecule has 21 heavy (non-hydrogen) atoms. The zero-order chi connectivity index (χ0) is 14.7. The van der Waals surface area contributed by atoms with Crippen LogP contribution < -0.4 is 19.5 Å². The van der Waals surface area contributed by atoms with Crippen LogP contribution in [0.4, 0.5) is 5.69 Å². The molecule has 1 N–H and O–H groups in total. The van der Waals surface area contributed by atoms with Gasteiger partial charge in [-0.1, -0.05) is 22.0 Å². The molecule has 5 heteroatoms. The quantitative estimate of drug-likeness (QED) is 0.878. The summed E-state index contributed by atoms with van der Waals surface area (Å²) in [6.45, 7) is 3.61. The average molecular weight is 350 g/mol. The Hall–Kier alpha value is -1.88. The normalized spacial score (nSPS) is 12.3. The Labute approximate surface area is 132 Å². The number of nitrogens with one attached hydrogen (secondary N) is 1. The molecule has 0 unspecified atom stereocenters. The fourth-order valence-electron chi connectivity index (χ4n) is 2.15. The van der Waals surface area contributed by atoms with E-state index in [9.17, 15) is 0 Å². The van der Waals surface area contributed by atoms with Crippen molar-refractivity contribution in [3.63, 3.8) is 0 Å². The van der Waals surface area contributed by atoms with Gasteiger partial charge in [-0.15, -0.1) is 0 Å². The van der Waals surface area contributed by atoms with Crippen LogP contribution in [-0.4, -0.2) is 13.4 Å². The molecule has 0 fully saturated rings. The van der Waals surface area contributed by atoms with E-state index in [0.717, 1.165) is 33.0 Å². The van der Waals surface area contributed by atoms with Crippen molar-refractivity contribution in [1.29, 1.82) is 0 Å². The lowest BCUT2D eigenvalue weighted by Crippen LogP contribution is -2.01. The van der Waals surface area contributed by atoms with Crippen molar-refractivity contribution in [1.82, 2.24) is 0 Å². The molecular weight excluding hydrogens is 334 g/mol. The summed E-state index contributed by atoms with van der Waals surface area (Å²) in [6, 6.07) is 11.9. The van der Waals surface area contributed by atoms with Gasteiger partial charge in [-0.25, -0.2) is 0 Å². The monoisotopic (exact) mass is 349 g/mol.